The van der Waals surface area contributed by atoms with Crippen LogP contribution in [0.15, 0.2) is 65.7 Å². The molecule has 0 saturated carbocycles. The highest BCUT2D eigenvalue weighted by atomic mass is 32.2. The molecule has 178 valence electrons. The summed E-state index contributed by atoms with van der Waals surface area (Å²) >= 11 is 0. The molecule has 4 rings (SSSR count). The molecule has 1 aliphatic heterocycles. The second kappa shape index (κ2) is 9.47. The van der Waals surface area contributed by atoms with Crippen LogP contribution in [0.25, 0.3) is 10.9 Å². The predicted octanol–water partition coefficient (Wildman–Crippen LogP) is 2.85. The molecule has 0 N–H and O–H groups in total. The standard InChI is InChI=1S/C24H25FN4O4S/c1-17(2)13-28(34(32,33)21-7-3-5-18-6-4-12-26-24(18)21)15-22(30)27-14-23(31)29(16-27)20-10-8-19(25)9-11-20/h3-12,17H,13-16H2,1-2H3. The summed E-state index contributed by atoms with van der Waals surface area (Å²) in [5.41, 5.74) is 0.806. The van der Waals surface area contributed by atoms with Crippen LogP contribution in [0, 0.1) is 11.7 Å². The number of benzene rings is 2. The van der Waals surface area contributed by atoms with Gasteiger partial charge in [-0.3, -0.25) is 19.5 Å². The largest absolute Gasteiger partial charge is 0.314 e. The first-order valence-corrected chi connectivity index (χ1v) is 12.3. The van der Waals surface area contributed by atoms with Crippen molar-refractivity contribution in [1.29, 1.82) is 0 Å². The summed E-state index contributed by atoms with van der Waals surface area (Å²) in [6.45, 7) is 3.24. The molecule has 2 amide bonds. The van der Waals surface area contributed by atoms with E-state index in [-0.39, 0.29) is 36.5 Å². The number of carbonyl (C=O) groups excluding carboxylic acids is 2. The van der Waals surface area contributed by atoms with Gasteiger partial charge in [-0.1, -0.05) is 32.0 Å². The number of hydrogen-bond donors (Lipinski definition) is 0. The summed E-state index contributed by atoms with van der Waals surface area (Å²) in [4.78, 5) is 32.6. The Kier molecular flexibility index (Phi) is 6.63. The molecule has 1 aromatic heterocycles. The van der Waals surface area contributed by atoms with Gasteiger partial charge in [-0.15, -0.1) is 0 Å². The minimum Gasteiger partial charge on any atom is -0.314 e. The molecule has 0 unspecified atom stereocenters. The number of fused-ring (bicyclic) bond motifs is 1. The minimum atomic E-state index is -4.05. The Morgan fingerprint density at radius 2 is 1.82 bits per heavy atom. The van der Waals surface area contributed by atoms with Crippen molar-refractivity contribution in [2.45, 2.75) is 18.7 Å². The Balaban J connectivity index is 1.58. The lowest BCUT2D eigenvalue weighted by molar-refractivity contribution is -0.131. The van der Waals surface area contributed by atoms with Crippen LogP contribution in [0.5, 0.6) is 0 Å². The highest BCUT2D eigenvalue weighted by Gasteiger charge is 2.35. The van der Waals surface area contributed by atoms with Crippen molar-refractivity contribution in [2.75, 3.05) is 31.2 Å². The summed E-state index contributed by atoms with van der Waals surface area (Å²) in [5, 5.41) is 0.680. The Morgan fingerprint density at radius 1 is 1.12 bits per heavy atom. The number of hydrogen-bond acceptors (Lipinski definition) is 5. The zero-order chi connectivity index (χ0) is 24.5. The quantitative estimate of drug-likeness (QED) is 0.514. The van der Waals surface area contributed by atoms with Gasteiger partial charge in [0.25, 0.3) is 0 Å². The number of rotatable bonds is 7. The second-order valence-corrected chi connectivity index (χ2v) is 10.5. The molecular weight excluding hydrogens is 459 g/mol. The lowest BCUT2D eigenvalue weighted by atomic mass is 10.2. The number of para-hydroxylation sites is 1. The summed E-state index contributed by atoms with van der Waals surface area (Å²) in [6.07, 6.45) is 1.53. The molecule has 0 aliphatic carbocycles. The van der Waals surface area contributed by atoms with Crippen LogP contribution in [0.2, 0.25) is 0 Å². The van der Waals surface area contributed by atoms with E-state index in [1.807, 2.05) is 13.8 Å². The molecule has 2 heterocycles. The zero-order valence-electron chi connectivity index (χ0n) is 18.9. The number of amides is 2. The summed E-state index contributed by atoms with van der Waals surface area (Å²) in [5.74, 6) is -1.28. The normalized spacial score (nSPS) is 14.6. The highest BCUT2D eigenvalue weighted by molar-refractivity contribution is 7.89. The third-order valence-electron chi connectivity index (χ3n) is 5.52. The molecule has 0 spiro atoms. The third-order valence-corrected chi connectivity index (χ3v) is 7.37. The van der Waals surface area contributed by atoms with E-state index in [2.05, 4.69) is 4.98 Å². The van der Waals surface area contributed by atoms with Crippen LogP contribution in [-0.4, -0.2) is 60.7 Å². The number of pyridine rings is 1. The van der Waals surface area contributed by atoms with E-state index in [0.717, 1.165) is 4.31 Å². The Morgan fingerprint density at radius 3 is 2.53 bits per heavy atom. The summed E-state index contributed by atoms with van der Waals surface area (Å²) in [6, 6.07) is 13.8. The van der Waals surface area contributed by atoms with Gasteiger partial charge in [-0.2, -0.15) is 4.31 Å². The van der Waals surface area contributed by atoms with Crippen LogP contribution in [0.4, 0.5) is 10.1 Å². The van der Waals surface area contributed by atoms with Crippen molar-refractivity contribution >= 4 is 38.4 Å². The first kappa shape index (κ1) is 23.8. The van der Waals surface area contributed by atoms with Crippen LogP contribution >= 0.6 is 0 Å². The molecule has 34 heavy (non-hydrogen) atoms. The van der Waals surface area contributed by atoms with Crippen LogP contribution in [0.3, 0.4) is 0 Å². The van der Waals surface area contributed by atoms with Gasteiger partial charge in [-0.05, 0) is 42.3 Å². The van der Waals surface area contributed by atoms with Gasteiger partial charge in [0, 0.05) is 23.8 Å². The van der Waals surface area contributed by atoms with Gasteiger partial charge in [0.1, 0.15) is 23.9 Å². The minimum absolute atomic E-state index is 0.0319. The Hall–Kier alpha value is -3.37. The number of aromatic nitrogens is 1. The Labute approximate surface area is 197 Å². The van der Waals surface area contributed by atoms with Gasteiger partial charge in [-0.25, -0.2) is 12.8 Å². The second-order valence-electron chi connectivity index (χ2n) is 8.55. The van der Waals surface area contributed by atoms with Gasteiger partial charge in [0.05, 0.1) is 12.1 Å². The zero-order valence-corrected chi connectivity index (χ0v) is 19.7. The average molecular weight is 485 g/mol. The predicted molar refractivity (Wildman–Crippen MR) is 126 cm³/mol. The van der Waals surface area contributed by atoms with Crippen molar-refractivity contribution in [3.05, 3.63) is 66.6 Å². The maximum Gasteiger partial charge on any atom is 0.248 e. The van der Waals surface area contributed by atoms with Crippen molar-refractivity contribution < 1.29 is 22.4 Å². The topological polar surface area (TPSA) is 90.9 Å². The van der Waals surface area contributed by atoms with Crippen LogP contribution < -0.4 is 4.90 Å². The van der Waals surface area contributed by atoms with Gasteiger partial charge < -0.3 is 4.90 Å². The first-order chi connectivity index (χ1) is 16.2. The maximum atomic E-state index is 13.6. The number of sulfonamides is 1. The number of carbonyl (C=O) groups is 2. The average Bonchev–Trinajstić information content (AvgIpc) is 3.20. The Bertz CT molecular complexity index is 1320. The molecule has 1 fully saturated rings. The van der Waals surface area contributed by atoms with E-state index in [1.54, 1.807) is 24.3 Å². The summed E-state index contributed by atoms with van der Waals surface area (Å²) in [7, 11) is -4.05. The lowest BCUT2D eigenvalue weighted by Crippen LogP contribution is -2.44. The molecule has 1 saturated heterocycles. The van der Waals surface area contributed by atoms with E-state index in [1.165, 1.54) is 46.3 Å². The maximum absolute atomic E-state index is 13.6. The molecule has 10 heteroatoms. The molecule has 0 radical (unpaired) electrons. The number of nitrogens with zero attached hydrogens (tertiary/aromatic N) is 4. The lowest BCUT2D eigenvalue weighted by Gasteiger charge is -2.26. The van der Waals surface area contributed by atoms with Gasteiger partial charge in [0.15, 0.2) is 0 Å². The molecule has 3 aromatic rings. The smallest absolute Gasteiger partial charge is 0.248 e. The van der Waals surface area contributed by atoms with E-state index >= 15 is 0 Å². The van der Waals surface area contributed by atoms with Crippen LogP contribution in [-0.2, 0) is 19.6 Å². The molecule has 8 nitrogen and oxygen atoms in total. The third kappa shape index (κ3) is 4.78. The number of halogens is 1. The molecule has 0 bridgehead atoms. The number of anilines is 1. The fraction of sp³-hybridized carbons (Fsp3) is 0.292. The summed E-state index contributed by atoms with van der Waals surface area (Å²) < 4.78 is 41.6. The highest BCUT2D eigenvalue weighted by Crippen LogP contribution is 2.25. The van der Waals surface area contributed by atoms with Gasteiger partial charge >= 0.3 is 0 Å². The monoisotopic (exact) mass is 484 g/mol. The SMILES string of the molecule is CC(C)CN(CC(=O)N1CC(=O)N(c2ccc(F)cc2)C1)S(=O)(=O)c1cccc2cccnc12. The fourth-order valence-electron chi connectivity index (χ4n) is 3.89. The fourth-order valence-corrected chi connectivity index (χ4v) is 5.61. The van der Waals surface area contributed by atoms with Gasteiger partial charge in [0.2, 0.25) is 21.8 Å². The van der Waals surface area contributed by atoms with Crippen molar-refractivity contribution in [2.24, 2.45) is 5.92 Å². The van der Waals surface area contributed by atoms with Crippen molar-refractivity contribution in [1.82, 2.24) is 14.2 Å². The van der Waals surface area contributed by atoms with E-state index in [4.69, 9.17) is 0 Å². The van der Waals surface area contributed by atoms with E-state index in [0.29, 0.717) is 16.6 Å². The molecular formula is C24H25FN4O4S. The first-order valence-electron chi connectivity index (χ1n) is 10.8. The van der Waals surface area contributed by atoms with E-state index < -0.39 is 28.3 Å². The van der Waals surface area contributed by atoms with Crippen molar-refractivity contribution in [3.8, 4) is 0 Å². The molecule has 1 aliphatic rings. The molecule has 2 aromatic carbocycles. The van der Waals surface area contributed by atoms with Crippen molar-refractivity contribution in [3.63, 3.8) is 0 Å². The molecule has 0 atom stereocenters. The van der Waals surface area contributed by atoms with Crippen LogP contribution in [0.1, 0.15) is 13.8 Å². The van der Waals surface area contributed by atoms with E-state index in [9.17, 15) is 22.4 Å².